The lowest BCUT2D eigenvalue weighted by Gasteiger charge is -2.35. The van der Waals surface area contributed by atoms with Gasteiger partial charge in [0.25, 0.3) is 0 Å². The van der Waals surface area contributed by atoms with E-state index in [1.807, 2.05) is 12.3 Å². The van der Waals surface area contributed by atoms with Crippen molar-refractivity contribution in [3.05, 3.63) is 36.4 Å². The molecule has 0 saturated heterocycles. The van der Waals surface area contributed by atoms with Gasteiger partial charge in [0.15, 0.2) is 0 Å². The molecule has 0 bridgehead atoms. The summed E-state index contributed by atoms with van der Waals surface area (Å²) in [6.07, 6.45) is 14.4. The number of methoxy groups -OCH3 is 1. The fourth-order valence-corrected chi connectivity index (χ4v) is 4.14. The van der Waals surface area contributed by atoms with E-state index in [1.54, 1.807) is 19.5 Å². The van der Waals surface area contributed by atoms with Crippen LogP contribution in [0.4, 0.5) is 0 Å². The summed E-state index contributed by atoms with van der Waals surface area (Å²) in [5.74, 6) is 2.61. The Labute approximate surface area is 149 Å². The molecule has 0 amide bonds. The molecule has 4 rings (SSSR count). The molecule has 0 N–H and O–H groups in total. The summed E-state index contributed by atoms with van der Waals surface area (Å²) < 4.78 is 13.6. The second kappa shape index (κ2) is 7.46. The molecule has 0 radical (unpaired) electrons. The van der Waals surface area contributed by atoms with E-state index < -0.39 is 0 Å². The zero-order chi connectivity index (χ0) is 17.1. The van der Waals surface area contributed by atoms with Gasteiger partial charge in [-0.25, -0.2) is 0 Å². The molecule has 2 aliphatic rings. The van der Waals surface area contributed by atoms with E-state index in [0.29, 0.717) is 17.9 Å². The van der Waals surface area contributed by atoms with Gasteiger partial charge in [-0.2, -0.15) is 5.10 Å². The SMILES string of the molecule is COc1cncc(OCC2CCCCC2c2ccnn2C2CCC2)c1. The first-order valence-corrected chi connectivity index (χ1v) is 9.50. The fourth-order valence-electron chi connectivity index (χ4n) is 4.14. The minimum Gasteiger partial charge on any atom is -0.495 e. The molecule has 2 heterocycles. The normalized spacial score (nSPS) is 23.9. The fraction of sp³-hybridized carbons (Fsp3) is 0.600. The van der Waals surface area contributed by atoms with Crippen molar-refractivity contribution in [1.29, 1.82) is 0 Å². The van der Waals surface area contributed by atoms with Crippen LogP contribution in [0.15, 0.2) is 30.7 Å². The van der Waals surface area contributed by atoms with Gasteiger partial charge in [-0.3, -0.25) is 9.67 Å². The molecule has 2 saturated carbocycles. The monoisotopic (exact) mass is 341 g/mol. The molecule has 2 aromatic heterocycles. The summed E-state index contributed by atoms with van der Waals surface area (Å²) in [6.45, 7) is 0.732. The zero-order valence-electron chi connectivity index (χ0n) is 14.9. The predicted molar refractivity (Wildman–Crippen MR) is 96.1 cm³/mol. The van der Waals surface area contributed by atoms with Crippen molar-refractivity contribution in [2.75, 3.05) is 13.7 Å². The zero-order valence-corrected chi connectivity index (χ0v) is 14.9. The first-order valence-electron chi connectivity index (χ1n) is 9.50. The van der Waals surface area contributed by atoms with E-state index in [0.717, 1.165) is 18.1 Å². The van der Waals surface area contributed by atoms with Crippen LogP contribution in [0.5, 0.6) is 11.5 Å². The van der Waals surface area contributed by atoms with Crippen LogP contribution in [0.3, 0.4) is 0 Å². The number of aromatic nitrogens is 3. The van der Waals surface area contributed by atoms with Crippen molar-refractivity contribution < 1.29 is 9.47 Å². The van der Waals surface area contributed by atoms with Gasteiger partial charge in [0.05, 0.1) is 32.2 Å². The Morgan fingerprint density at radius 3 is 2.72 bits per heavy atom. The maximum absolute atomic E-state index is 6.08. The minimum absolute atomic E-state index is 0.537. The lowest BCUT2D eigenvalue weighted by molar-refractivity contribution is 0.174. The molecular weight excluding hydrogens is 314 g/mol. The third kappa shape index (κ3) is 3.51. The summed E-state index contributed by atoms with van der Waals surface area (Å²) in [5.41, 5.74) is 1.42. The molecule has 5 heteroatoms. The third-order valence-electron chi connectivity index (χ3n) is 5.80. The quantitative estimate of drug-likeness (QED) is 0.783. The molecule has 0 aliphatic heterocycles. The van der Waals surface area contributed by atoms with Crippen molar-refractivity contribution >= 4 is 0 Å². The highest BCUT2D eigenvalue weighted by atomic mass is 16.5. The van der Waals surface area contributed by atoms with Crippen molar-refractivity contribution in [2.24, 2.45) is 5.92 Å². The van der Waals surface area contributed by atoms with Crippen molar-refractivity contribution in [2.45, 2.75) is 56.9 Å². The molecule has 25 heavy (non-hydrogen) atoms. The van der Waals surface area contributed by atoms with E-state index >= 15 is 0 Å². The molecule has 134 valence electrons. The summed E-state index contributed by atoms with van der Waals surface area (Å²) in [5, 5.41) is 4.64. The highest BCUT2D eigenvalue weighted by Gasteiger charge is 2.32. The number of nitrogens with zero attached hydrogens (tertiary/aromatic N) is 3. The molecule has 2 unspecified atom stereocenters. The van der Waals surface area contributed by atoms with Crippen LogP contribution >= 0.6 is 0 Å². The average Bonchev–Trinajstić information content (AvgIpc) is 3.08. The topological polar surface area (TPSA) is 49.2 Å². The Morgan fingerprint density at radius 2 is 1.92 bits per heavy atom. The van der Waals surface area contributed by atoms with Crippen molar-refractivity contribution in [1.82, 2.24) is 14.8 Å². The first kappa shape index (κ1) is 16.4. The largest absolute Gasteiger partial charge is 0.495 e. The minimum atomic E-state index is 0.537. The molecule has 0 aromatic carbocycles. The van der Waals surface area contributed by atoms with Crippen LogP contribution in [-0.2, 0) is 0 Å². The van der Waals surface area contributed by atoms with Crippen LogP contribution in [0, 0.1) is 5.92 Å². The Morgan fingerprint density at radius 1 is 1.08 bits per heavy atom. The van der Waals surface area contributed by atoms with Gasteiger partial charge in [-0.1, -0.05) is 12.8 Å². The second-order valence-corrected chi connectivity index (χ2v) is 7.31. The van der Waals surface area contributed by atoms with Gasteiger partial charge in [-0.15, -0.1) is 0 Å². The average molecular weight is 341 g/mol. The maximum atomic E-state index is 6.08. The second-order valence-electron chi connectivity index (χ2n) is 7.31. The lowest BCUT2D eigenvalue weighted by Crippen LogP contribution is -2.28. The van der Waals surface area contributed by atoms with Gasteiger partial charge >= 0.3 is 0 Å². The Balaban J connectivity index is 1.46. The van der Waals surface area contributed by atoms with Crippen LogP contribution in [0.25, 0.3) is 0 Å². The van der Waals surface area contributed by atoms with Crippen molar-refractivity contribution in [3.8, 4) is 11.5 Å². The summed E-state index contributed by atoms with van der Waals surface area (Å²) >= 11 is 0. The molecule has 2 aliphatic carbocycles. The van der Waals surface area contributed by atoms with Gasteiger partial charge in [-0.05, 0) is 38.2 Å². The molecule has 2 aromatic rings. The Kier molecular flexibility index (Phi) is 4.90. The van der Waals surface area contributed by atoms with E-state index in [-0.39, 0.29) is 0 Å². The summed E-state index contributed by atoms with van der Waals surface area (Å²) in [7, 11) is 1.65. The molecular formula is C20H27N3O2. The highest BCUT2D eigenvalue weighted by Crippen LogP contribution is 2.41. The van der Waals surface area contributed by atoms with E-state index in [2.05, 4.69) is 20.8 Å². The number of pyridine rings is 1. The number of rotatable bonds is 6. The number of ether oxygens (including phenoxy) is 2. The highest BCUT2D eigenvalue weighted by molar-refractivity contribution is 5.28. The predicted octanol–water partition coefficient (Wildman–Crippen LogP) is 4.36. The number of hydrogen-bond donors (Lipinski definition) is 0. The first-order chi connectivity index (χ1) is 12.3. The van der Waals surface area contributed by atoms with E-state index in [9.17, 15) is 0 Å². The van der Waals surface area contributed by atoms with Crippen LogP contribution < -0.4 is 9.47 Å². The van der Waals surface area contributed by atoms with Gasteiger partial charge in [0, 0.05) is 29.8 Å². The maximum Gasteiger partial charge on any atom is 0.141 e. The lowest BCUT2D eigenvalue weighted by atomic mass is 9.77. The summed E-state index contributed by atoms with van der Waals surface area (Å²) in [6, 6.07) is 4.76. The van der Waals surface area contributed by atoms with Crippen molar-refractivity contribution in [3.63, 3.8) is 0 Å². The molecule has 0 spiro atoms. The summed E-state index contributed by atoms with van der Waals surface area (Å²) in [4.78, 5) is 4.18. The van der Waals surface area contributed by atoms with Gasteiger partial charge < -0.3 is 9.47 Å². The smallest absolute Gasteiger partial charge is 0.141 e. The van der Waals surface area contributed by atoms with E-state index in [1.165, 1.54) is 50.6 Å². The van der Waals surface area contributed by atoms with Crippen LogP contribution in [0.1, 0.15) is 62.6 Å². The number of hydrogen-bond acceptors (Lipinski definition) is 4. The molecule has 2 fully saturated rings. The van der Waals surface area contributed by atoms with Crippen LogP contribution in [0.2, 0.25) is 0 Å². The van der Waals surface area contributed by atoms with E-state index in [4.69, 9.17) is 9.47 Å². The standard InChI is InChI=1S/C20H27N3O2/c1-24-17-11-18(13-21-12-17)25-14-15-5-2-3-8-19(15)20-9-10-22-23(20)16-6-4-7-16/h9-13,15-16,19H,2-8,14H2,1H3. The van der Waals surface area contributed by atoms with Gasteiger partial charge in [0.2, 0.25) is 0 Å². The van der Waals surface area contributed by atoms with Gasteiger partial charge in [0.1, 0.15) is 11.5 Å². The Hall–Kier alpha value is -2.04. The third-order valence-corrected chi connectivity index (χ3v) is 5.80. The Bertz CT molecular complexity index is 696. The molecule has 5 nitrogen and oxygen atoms in total. The van der Waals surface area contributed by atoms with Crippen LogP contribution in [-0.4, -0.2) is 28.5 Å². The molecule has 2 atom stereocenters.